The van der Waals surface area contributed by atoms with Crippen LogP contribution in [0.25, 0.3) is 0 Å². The minimum absolute atomic E-state index is 0.0842. The van der Waals surface area contributed by atoms with E-state index < -0.39 is 0 Å². The Balaban J connectivity index is 2.16. The van der Waals surface area contributed by atoms with Gasteiger partial charge in [-0.05, 0) is 25.8 Å². The number of nitrogens with two attached hydrogens (primary N) is 1. The topological polar surface area (TPSA) is 67.6 Å². The molecule has 0 unspecified atom stereocenters. The van der Waals surface area contributed by atoms with Gasteiger partial charge in [-0.25, -0.2) is 0 Å². The lowest BCUT2D eigenvalue weighted by Gasteiger charge is -2.20. The Labute approximate surface area is 97.3 Å². The van der Waals surface area contributed by atoms with E-state index in [1.165, 1.54) is 12.8 Å². The van der Waals surface area contributed by atoms with Crippen molar-refractivity contribution >= 4 is 5.91 Å². The number of carbonyl (C=O) groups excluding carboxylic acids is 1. The molecule has 5 heteroatoms. The first kappa shape index (κ1) is 13.4. The van der Waals surface area contributed by atoms with Crippen LogP contribution < -0.4 is 11.1 Å². The van der Waals surface area contributed by atoms with Crippen molar-refractivity contribution in [2.24, 2.45) is 5.73 Å². The lowest BCUT2D eigenvalue weighted by atomic mass is 10.3. The second kappa shape index (κ2) is 7.60. The van der Waals surface area contributed by atoms with Gasteiger partial charge in [-0.2, -0.15) is 0 Å². The van der Waals surface area contributed by atoms with Crippen molar-refractivity contribution in [1.29, 1.82) is 0 Å². The quantitative estimate of drug-likeness (QED) is 0.526. The standard InChI is InChI=1S/C11H23N3O2/c1-16-8-6-13-11(15)9-14(7-2-5-12)10-3-4-10/h10H,2-9,12H2,1H3,(H,13,15). The van der Waals surface area contributed by atoms with Crippen molar-refractivity contribution in [2.75, 3.05) is 39.9 Å². The molecule has 1 saturated carbocycles. The van der Waals surface area contributed by atoms with Gasteiger partial charge in [-0.3, -0.25) is 9.69 Å². The molecule has 1 amide bonds. The normalized spacial score (nSPS) is 15.4. The van der Waals surface area contributed by atoms with Crippen LogP contribution in [-0.2, 0) is 9.53 Å². The number of hydrogen-bond donors (Lipinski definition) is 2. The minimum atomic E-state index is 0.0842. The maximum absolute atomic E-state index is 11.6. The molecule has 0 aliphatic heterocycles. The third kappa shape index (κ3) is 5.44. The number of hydrogen-bond acceptors (Lipinski definition) is 4. The first-order valence-corrected chi connectivity index (χ1v) is 5.97. The molecule has 1 rings (SSSR count). The second-order valence-electron chi connectivity index (χ2n) is 4.19. The Kier molecular flexibility index (Phi) is 6.37. The zero-order valence-electron chi connectivity index (χ0n) is 10.1. The molecule has 0 spiro atoms. The Morgan fingerprint density at radius 2 is 2.31 bits per heavy atom. The third-order valence-corrected chi connectivity index (χ3v) is 2.69. The molecule has 0 atom stereocenters. The summed E-state index contributed by atoms with van der Waals surface area (Å²) < 4.78 is 4.88. The van der Waals surface area contributed by atoms with Gasteiger partial charge in [0.1, 0.15) is 0 Å². The van der Waals surface area contributed by atoms with Crippen molar-refractivity contribution in [3.8, 4) is 0 Å². The van der Waals surface area contributed by atoms with E-state index in [2.05, 4.69) is 10.2 Å². The number of amides is 1. The SMILES string of the molecule is COCCNC(=O)CN(CCCN)C1CC1. The lowest BCUT2D eigenvalue weighted by molar-refractivity contribution is -0.122. The molecule has 0 radical (unpaired) electrons. The monoisotopic (exact) mass is 229 g/mol. The number of nitrogens with one attached hydrogen (secondary N) is 1. The minimum Gasteiger partial charge on any atom is -0.383 e. The molecule has 16 heavy (non-hydrogen) atoms. The van der Waals surface area contributed by atoms with Crippen LogP contribution in [0, 0.1) is 0 Å². The van der Waals surface area contributed by atoms with Crippen molar-refractivity contribution in [3.63, 3.8) is 0 Å². The van der Waals surface area contributed by atoms with E-state index in [4.69, 9.17) is 10.5 Å². The molecule has 94 valence electrons. The fraction of sp³-hybridized carbons (Fsp3) is 0.909. The molecule has 0 aromatic carbocycles. The van der Waals surface area contributed by atoms with Gasteiger partial charge in [0, 0.05) is 26.2 Å². The van der Waals surface area contributed by atoms with Crippen LogP contribution >= 0.6 is 0 Å². The fourth-order valence-electron chi connectivity index (χ4n) is 1.66. The lowest BCUT2D eigenvalue weighted by Crippen LogP contribution is -2.40. The zero-order chi connectivity index (χ0) is 11.8. The second-order valence-corrected chi connectivity index (χ2v) is 4.19. The molecule has 0 heterocycles. The molecular formula is C11H23N3O2. The fourth-order valence-corrected chi connectivity index (χ4v) is 1.66. The molecule has 3 N–H and O–H groups in total. The van der Waals surface area contributed by atoms with Gasteiger partial charge >= 0.3 is 0 Å². The number of rotatable bonds is 9. The average Bonchev–Trinajstić information content (AvgIpc) is 3.08. The Hall–Kier alpha value is -0.650. The summed E-state index contributed by atoms with van der Waals surface area (Å²) in [5.74, 6) is 0.0842. The van der Waals surface area contributed by atoms with Gasteiger partial charge in [-0.1, -0.05) is 0 Å². The summed E-state index contributed by atoms with van der Waals surface area (Å²) in [4.78, 5) is 13.8. The van der Waals surface area contributed by atoms with Crippen LogP contribution in [0.1, 0.15) is 19.3 Å². The van der Waals surface area contributed by atoms with Gasteiger partial charge in [0.2, 0.25) is 5.91 Å². The van der Waals surface area contributed by atoms with E-state index in [1.807, 2.05) is 0 Å². The van der Waals surface area contributed by atoms with Gasteiger partial charge in [-0.15, -0.1) is 0 Å². The number of methoxy groups -OCH3 is 1. The van der Waals surface area contributed by atoms with Crippen LogP contribution in [0.3, 0.4) is 0 Å². The number of nitrogens with zero attached hydrogens (tertiary/aromatic N) is 1. The number of ether oxygens (including phenoxy) is 1. The first-order chi connectivity index (χ1) is 7.77. The Morgan fingerprint density at radius 3 is 2.88 bits per heavy atom. The van der Waals surface area contributed by atoms with Crippen molar-refractivity contribution in [2.45, 2.75) is 25.3 Å². The van der Waals surface area contributed by atoms with Gasteiger partial charge in [0.15, 0.2) is 0 Å². The zero-order valence-corrected chi connectivity index (χ0v) is 10.1. The van der Waals surface area contributed by atoms with Crippen LogP contribution in [0.15, 0.2) is 0 Å². The Bertz CT molecular complexity index is 207. The van der Waals surface area contributed by atoms with Crippen molar-refractivity contribution in [3.05, 3.63) is 0 Å². The van der Waals surface area contributed by atoms with E-state index in [-0.39, 0.29) is 5.91 Å². The summed E-state index contributed by atoms with van der Waals surface area (Å²) in [5.41, 5.74) is 5.48. The van der Waals surface area contributed by atoms with Crippen LogP contribution in [0.5, 0.6) is 0 Å². The highest BCUT2D eigenvalue weighted by Gasteiger charge is 2.29. The predicted molar refractivity (Wildman–Crippen MR) is 63.2 cm³/mol. The highest BCUT2D eigenvalue weighted by atomic mass is 16.5. The largest absolute Gasteiger partial charge is 0.383 e. The maximum Gasteiger partial charge on any atom is 0.234 e. The highest BCUT2D eigenvalue weighted by molar-refractivity contribution is 5.78. The van der Waals surface area contributed by atoms with Crippen LogP contribution in [-0.4, -0.2) is 56.7 Å². The highest BCUT2D eigenvalue weighted by Crippen LogP contribution is 2.26. The van der Waals surface area contributed by atoms with Gasteiger partial charge < -0.3 is 15.8 Å². The van der Waals surface area contributed by atoms with Gasteiger partial charge in [0.25, 0.3) is 0 Å². The van der Waals surface area contributed by atoms with E-state index in [1.54, 1.807) is 7.11 Å². The van der Waals surface area contributed by atoms with E-state index in [0.717, 1.165) is 13.0 Å². The van der Waals surface area contributed by atoms with Crippen LogP contribution in [0.2, 0.25) is 0 Å². The summed E-state index contributed by atoms with van der Waals surface area (Å²) in [6, 6.07) is 0.611. The molecule has 0 aromatic rings. The molecular weight excluding hydrogens is 206 g/mol. The van der Waals surface area contributed by atoms with Crippen LogP contribution in [0.4, 0.5) is 0 Å². The molecule has 0 saturated heterocycles. The summed E-state index contributed by atoms with van der Waals surface area (Å²) in [5, 5.41) is 2.84. The number of carbonyl (C=O) groups is 1. The summed E-state index contributed by atoms with van der Waals surface area (Å²) >= 11 is 0. The summed E-state index contributed by atoms with van der Waals surface area (Å²) in [6.07, 6.45) is 3.40. The molecule has 1 aliphatic carbocycles. The maximum atomic E-state index is 11.6. The smallest absolute Gasteiger partial charge is 0.234 e. The van der Waals surface area contributed by atoms with E-state index in [9.17, 15) is 4.79 Å². The Morgan fingerprint density at radius 1 is 1.56 bits per heavy atom. The molecule has 0 aromatic heterocycles. The summed E-state index contributed by atoms with van der Waals surface area (Å²) in [6.45, 7) is 3.27. The van der Waals surface area contributed by atoms with Gasteiger partial charge in [0.05, 0.1) is 13.2 Å². The van der Waals surface area contributed by atoms with Crippen molar-refractivity contribution < 1.29 is 9.53 Å². The average molecular weight is 229 g/mol. The van der Waals surface area contributed by atoms with Crippen molar-refractivity contribution in [1.82, 2.24) is 10.2 Å². The van der Waals surface area contributed by atoms with E-state index >= 15 is 0 Å². The van der Waals surface area contributed by atoms with E-state index in [0.29, 0.717) is 32.3 Å². The molecule has 1 aliphatic rings. The predicted octanol–water partition coefficient (Wildman–Crippen LogP) is -0.438. The molecule has 5 nitrogen and oxygen atoms in total. The third-order valence-electron chi connectivity index (χ3n) is 2.69. The molecule has 1 fully saturated rings. The summed E-state index contributed by atoms with van der Waals surface area (Å²) in [7, 11) is 1.63. The molecule has 0 bridgehead atoms. The first-order valence-electron chi connectivity index (χ1n) is 5.97.